The number of benzene rings is 1. The minimum atomic E-state index is 0.00241. The van der Waals surface area contributed by atoms with Crippen LogP contribution in [0.2, 0.25) is 0 Å². The summed E-state index contributed by atoms with van der Waals surface area (Å²) in [6, 6.07) is 9.94. The van der Waals surface area contributed by atoms with E-state index in [0.717, 1.165) is 17.0 Å². The fraction of sp³-hybridized carbons (Fsp3) is 0.286. The minimum absolute atomic E-state index is 0.00241. The zero-order chi connectivity index (χ0) is 13.1. The summed E-state index contributed by atoms with van der Waals surface area (Å²) in [6.45, 7) is 4.31. The van der Waals surface area contributed by atoms with Gasteiger partial charge in [-0.1, -0.05) is 30.3 Å². The van der Waals surface area contributed by atoms with Gasteiger partial charge in [0.25, 0.3) is 5.91 Å². The molecular weight excluding hydrogens is 226 g/mol. The standard InChI is InChI=1S/C14H17N3O/c1-10-13(11(2)16-15-10)14(18)17(3)9-12-7-5-4-6-8-12/h4-8H,9H2,1-3H3,(H,15,16). The number of H-pyrrole nitrogens is 1. The number of aromatic nitrogens is 2. The predicted octanol–water partition coefficient (Wildman–Crippen LogP) is 2.30. The van der Waals surface area contributed by atoms with Gasteiger partial charge in [-0.05, 0) is 19.4 Å². The molecule has 0 saturated heterocycles. The van der Waals surface area contributed by atoms with Crippen LogP contribution in [0.5, 0.6) is 0 Å². The van der Waals surface area contributed by atoms with E-state index in [1.54, 1.807) is 11.9 Å². The highest BCUT2D eigenvalue weighted by Crippen LogP contribution is 2.13. The van der Waals surface area contributed by atoms with Gasteiger partial charge in [0.1, 0.15) is 0 Å². The molecule has 0 saturated carbocycles. The number of rotatable bonds is 3. The smallest absolute Gasteiger partial charge is 0.257 e. The Hall–Kier alpha value is -2.10. The second-order valence-corrected chi connectivity index (χ2v) is 4.46. The highest BCUT2D eigenvalue weighted by Gasteiger charge is 2.18. The summed E-state index contributed by atoms with van der Waals surface area (Å²) in [5, 5.41) is 6.89. The van der Waals surface area contributed by atoms with Crippen LogP contribution >= 0.6 is 0 Å². The lowest BCUT2D eigenvalue weighted by atomic mass is 10.1. The molecule has 0 spiro atoms. The summed E-state index contributed by atoms with van der Waals surface area (Å²) >= 11 is 0. The van der Waals surface area contributed by atoms with Crippen molar-refractivity contribution in [2.45, 2.75) is 20.4 Å². The molecule has 0 fully saturated rings. The first-order valence-electron chi connectivity index (χ1n) is 5.90. The number of nitrogens with one attached hydrogen (secondary N) is 1. The molecule has 1 aromatic carbocycles. The molecule has 1 aromatic heterocycles. The summed E-state index contributed by atoms with van der Waals surface area (Å²) < 4.78 is 0. The third-order valence-corrected chi connectivity index (χ3v) is 2.95. The highest BCUT2D eigenvalue weighted by atomic mass is 16.2. The number of amides is 1. The van der Waals surface area contributed by atoms with Crippen LogP contribution in [0.1, 0.15) is 27.3 Å². The summed E-state index contributed by atoms with van der Waals surface area (Å²) in [5.41, 5.74) is 3.36. The average Bonchev–Trinajstić information content (AvgIpc) is 2.69. The molecular formula is C14H17N3O. The SMILES string of the molecule is Cc1n[nH]c(C)c1C(=O)N(C)Cc1ccccc1. The van der Waals surface area contributed by atoms with Gasteiger partial charge in [0.05, 0.1) is 11.3 Å². The molecule has 1 heterocycles. The third-order valence-electron chi connectivity index (χ3n) is 2.95. The number of carbonyl (C=O) groups is 1. The largest absolute Gasteiger partial charge is 0.337 e. The van der Waals surface area contributed by atoms with Crippen molar-refractivity contribution in [1.29, 1.82) is 0 Å². The van der Waals surface area contributed by atoms with E-state index in [0.29, 0.717) is 12.1 Å². The van der Waals surface area contributed by atoms with Gasteiger partial charge in [0, 0.05) is 19.3 Å². The highest BCUT2D eigenvalue weighted by molar-refractivity contribution is 5.96. The fourth-order valence-electron chi connectivity index (χ4n) is 1.99. The average molecular weight is 243 g/mol. The number of hydrogen-bond donors (Lipinski definition) is 1. The van der Waals surface area contributed by atoms with Gasteiger partial charge in [-0.3, -0.25) is 9.89 Å². The van der Waals surface area contributed by atoms with Crippen LogP contribution in [-0.4, -0.2) is 28.1 Å². The molecule has 0 unspecified atom stereocenters. The molecule has 1 N–H and O–H groups in total. The van der Waals surface area contributed by atoms with E-state index in [-0.39, 0.29) is 5.91 Å². The van der Waals surface area contributed by atoms with Crippen LogP contribution in [-0.2, 0) is 6.54 Å². The monoisotopic (exact) mass is 243 g/mol. The number of hydrogen-bond acceptors (Lipinski definition) is 2. The van der Waals surface area contributed by atoms with E-state index in [1.165, 1.54) is 0 Å². The molecule has 0 aliphatic rings. The van der Waals surface area contributed by atoms with E-state index in [2.05, 4.69) is 10.2 Å². The fourth-order valence-corrected chi connectivity index (χ4v) is 1.99. The molecule has 4 nitrogen and oxygen atoms in total. The first-order valence-corrected chi connectivity index (χ1v) is 5.90. The zero-order valence-corrected chi connectivity index (χ0v) is 10.9. The lowest BCUT2D eigenvalue weighted by Crippen LogP contribution is -2.27. The van der Waals surface area contributed by atoms with Gasteiger partial charge in [0.2, 0.25) is 0 Å². The lowest BCUT2D eigenvalue weighted by Gasteiger charge is -2.17. The first-order chi connectivity index (χ1) is 8.59. The van der Waals surface area contributed by atoms with Gasteiger partial charge in [-0.25, -0.2) is 0 Å². The number of nitrogens with zero attached hydrogens (tertiary/aromatic N) is 2. The van der Waals surface area contributed by atoms with E-state index < -0.39 is 0 Å². The van der Waals surface area contributed by atoms with Crippen LogP contribution in [0, 0.1) is 13.8 Å². The van der Waals surface area contributed by atoms with Crippen molar-refractivity contribution in [3.05, 3.63) is 52.8 Å². The van der Waals surface area contributed by atoms with Gasteiger partial charge < -0.3 is 4.90 Å². The Bertz CT molecular complexity index is 526. The number of aromatic amines is 1. The lowest BCUT2D eigenvalue weighted by molar-refractivity contribution is 0.0783. The maximum Gasteiger partial charge on any atom is 0.257 e. The Morgan fingerprint density at radius 3 is 2.50 bits per heavy atom. The molecule has 0 radical (unpaired) electrons. The Morgan fingerprint density at radius 1 is 1.28 bits per heavy atom. The van der Waals surface area contributed by atoms with Crippen LogP contribution in [0.3, 0.4) is 0 Å². The summed E-state index contributed by atoms with van der Waals surface area (Å²) in [4.78, 5) is 14.0. The van der Waals surface area contributed by atoms with Crippen molar-refractivity contribution in [2.24, 2.45) is 0 Å². The van der Waals surface area contributed by atoms with Crippen LogP contribution in [0.15, 0.2) is 30.3 Å². The molecule has 0 bridgehead atoms. The van der Waals surface area contributed by atoms with Gasteiger partial charge >= 0.3 is 0 Å². The van der Waals surface area contributed by atoms with Crippen molar-refractivity contribution < 1.29 is 4.79 Å². The maximum atomic E-state index is 12.3. The normalized spacial score (nSPS) is 10.4. The third kappa shape index (κ3) is 2.42. The summed E-state index contributed by atoms with van der Waals surface area (Å²) in [7, 11) is 1.81. The van der Waals surface area contributed by atoms with Crippen molar-refractivity contribution in [1.82, 2.24) is 15.1 Å². The molecule has 18 heavy (non-hydrogen) atoms. The Morgan fingerprint density at radius 2 is 1.94 bits per heavy atom. The van der Waals surface area contributed by atoms with E-state index in [1.807, 2.05) is 44.2 Å². The van der Waals surface area contributed by atoms with Crippen LogP contribution in [0.4, 0.5) is 0 Å². The van der Waals surface area contributed by atoms with Crippen molar-refractivity contribution in [3.8, 4) is 0 Å². The molecule has 94 valence electrons. The molecule has 2 aromatic rings. The van der Waals surface area contributed by atoms with Crippen molar-refractivity contribution in [3.63, 3.8) is 0 Å². The number of aryl methyl sites for hydroxylation is 2. The van der Waals surface area contributed by atoms with Gasteiger partial charge in [-0.2, -0.15) is 5.10 Å². The minimum Gasteiger partial charge on any atom is -0.337 e. The molecule has 0 atom stereocenters. The summed E-state index contributed by atoms with van der Waals surface area (Å²) in [6.07, 6.45) is 0. The quantitative estimate of drug-likeness (QED) is 0.899. The zero-order valence-electron chi connectivity index (χ0n) is 10.9. The molecule has 2 rings (SSSR count). The van der Waals surface area contributed by atoms with Gasteiger partial charge in [-0.15, -0.1) is 0 Å². The van der Waals surface area contributed by atoms with Crippen molar-refractivity contribution in [2.75, 3.05) is 7.05 Å². The van der Waals surface area contributed by atoms with E-state index >= 15 is 0 Å². The second-order valence-electron chi connectivity index (χ2n) is 4.46. The Kier molecular flexibility index (Phi) is 3.46. The van der Waals surface area contributed by atoms with Crippen LogP contribution < -0.4 is 0 Å². The molecule has 0 aliphatic heterocycles. The van der Waals surface area contributed by atoms with Gasteiger partial charge in [0.15, 0.2) is 0 Å². The van der Waals surface area contributed by atoms with Crippen molar-refractivity contribution >= 4 is 5.91 Å². The van der Waals surface area contributed by atoms with E-state index in [4.69, 9.17) is 0 Å². The topological polar surface area (TPSA) is 49.0 Å². The maximum absolute atomic E-state index is 12.3. The van der Waals surface area contributed by atoms with Crippen LogP contribution in [0.25, 0.3) is 0 Å². The predicted molar refractivity (Wildman–Crippen MR) is 70.3 cm³/mol. The molecule has 1 amide bonds. The molecule has 0 aliphatic carbocycles. The Labute approximate surface area is 107 Å². The first kappa shape index (κ1) is 12.4. The number of carbonyl (C=O) groups excluding carboxylic acids is 1. The Balaban J connectivity index is 2.15. The second kappa shape index (κ2) is 5.04. The summed E-state index contributed by atoms with van der Waals surface area (Å²) in [5.74, 6) is 0.00241. The van der Waals surface area contributed by atoms with E-state index in [9.17, 15) is 4.79 Å². The molecule has 4 heteroatoms.